The Labute approximate surface area is 103 Å². The number of fused-ring (bicyclic) bond motifs is 1. The number of rotatable bonds is 4. The quantitative estimate of drug-likeness (QED) is 0.915. The van der Waals surface area contributed by atoms with Crippen molar-refractivity contribution in [3.63, 3.8) is 0 Å². The molecule has 0 fully saturated rings. The second kappa shape index (κ2) is 5.10. The molecule has 0 aliphatic heterocycles. The second-order valence-electron chi connectivity index (χ2n) is 3.53. The molecule has 1 heterocycles. The zero-order valence-electron chi connectivity index (χ0n) is 8.94. The summed E-state index contributed by atoms with van der Waals surface area (Å²) in [7, 11) is 1.67. The van der Waals surface area contributed by atoms with Crippen LogP contribution in [-0.4, -0.2) is 18.7 Å². The summed E-state index contributed by atoms with van der Waals surface area (Å²) in [6.07, 6.45) is 0.772. The molecule has 0 saturated heterocycles. The van der Waals surface area contributed by atoms with Crippen molar-refractivity contribution < 1.29 is 4.74 Å². The van der Waals surface area contributed by atoms with E-state index in [-0.39, 0.29) is 6.04 Å². The molecular weight excluding hydrogens is 244 g/mol. The van der Waals surface area contributed by atoms with Crippen molar-refractivity contribution in [3.05, 3.63) is 28.2 Å². The highest BCUT2D eigenvalue weighted by Gasteiger charge is 2.13. The van der Waals surface area contributed by atoms with Crippen molar-refractivity contribution in [1.29, 1.82) is 0 Å². The maximum atomic E-state index is 6.08. The van der Waals surface area contributed by atoms with Gasteiger partial charge >= 0.3 is 0 Å². The van der Waals surface area contributed by atoms with Gasteiger partial charge in [-0.15, -0.1) is 11.3 Å². The molecule has 1 aromatic heterocycles. The number of methoxy groups -OCH3 is 1. The summed E-state index contributed by atoms with van der Waals surface area (Å²) in [5.41, 5.74) is 6.94. The molecule has 0 saturated carbocycles. The van der Waals surface area contributed by atoms with Crippen LogP contribution in [0.1, 0.15) is 17.5 Å². The fourth-order valence-electron chi connectivity index (χ4n) is 1.46. The van der Waals surface area contributed by atoms with Crippen molar-refractivity contribution in [2.24, 2.45) is 5.73 Å². The Morgan fingerprint density at radius 3 is 3.06 bits per heavy atom. The van der Waals surface area contributed by atoms with Gasteiger partial charge in [-0.3, -0.25) is 0 Å². The number of ether oxygens (including phenoxy) is 1. The van der Waals surface area contributed by atoms with Crippen LogP contribution in [0.3, 0.4) is 0 Å². The van der Waals surface area contributed by atoms with Crippen LogP contribution in [-0.2, 0) is 4.74 Å². The first kappa shape index (κ1) is 11.8. The van der Waals surface area contributed by atoms with E-state index < -0.39 is 0 Å². The summed E-state index contributed by atoms with van der Waals surface area (Å²) in [5.74, 6) is 0. The van der Waals surface area contributed by atoms with Crippen LogP contribution in [0.2, 0.25) is 5.02 Å². The van der Waals surface area contributed by atoms with Crippen LogP contribution in [0.4, 0.5) is 0 Å². The lowest BCUT2D eigenvalue weighted by atomic mass is 10.2. The summed E-state index contributed by atoms with van der Waals surface area (Å²) < 4.78 is 6.01. The first-order valence-electron chi connectivity index (χ1n) is 5.02. The zero-order chi connectivity index (χ0) is 11.5. The van der Waals surface area contributed by atoms with Crippen molar-refractivity contribution in [1.82, 2.24) is 4.98 Å². The average molecular weight is 257 g/mol. The molecule has 0 radical (unpaired) electrons. The van der Waals surface area contributed by atoms with Crippen LogP contribution >= 0.6 is 22.9 Å². The van der Waals surface area contributed by atoms with Crippen LogP contribution in [0, 0.1) is 0 Å². The third-order valence-electron chi connectivity index (χ3n) is 2.33. The fourth-order valence-corrected chi connectivity index (χ4v) is 2.75. The van der Waals surface area contributed by atoms with E-state index in [1.165, 1.54) is 0 Å². The highest BCUT2D eigenvalue weighted by Crippen LogP contribution is 2.31. The van der Waals surface area contributed by atoms with Crippen molar-refractivity contribution in [2.45, 2.75) is 12.5 Å². The van der Waals surface area contributed by atoms with Crippen LogP contribution < -0.4 is 5.73 Å². The largest absolute Gasteiger partial charge is 0.385 e. The van der Waals surface area contributed by atoms with Gasteiger partial charge in [-0.2, -0.15) is 0 Å². The van der Waals surface area contributed by atoms with E-state index >= 15 is 0 Å². The molecule has 0 aliphatic carbocycles. The van der Waals surface area contributed by atoms with E-state index in [9.17, 15) is 0 Å². The zero-order valence-corrected chi connectivity index (χ0v) is 10.5. The van der Waals surface area contributed by atoms with Gasteiger partial charge in [0.25, 0.3) is 0 Å². The van der Waals surface area contributed by atoms with Gasteiger partial charge < -0.3 is 10.5 Å². The predicted octanol–water partition coefficient (Wildman–Crippen LogP) is 2.99. The minimum absolute atomic E-state index is 0.0755. The molecule has 2 N–H and O–H groups in total. The predicted molar refractivity (Wildman–Crippen MR) is 68.1 cm³/mol. The normalized spacial score (nSPS) is 13.2. The molecule has 0 aliphatic rings. The van der Waals surface area contributed by atoms with E-state index in [0.29, 0.717) is 6.61 Å². The SMILES string of the molecule is COCCC(N)c1nc2cccc(Cl)c2s1. The minimum atomic E-state index is -0.0755. The van der Waals surface area contributed by atoms with E-state index in [2.05, 4.69) is 4.98 Å². The van der Waals surface area contributed by atoms with Crippen LogP contribution in [0.5, 0.6) is 0 Å². The number of hydrogen-bond donors (Lipinski definition) is 1. The highest BCUT2D eigenvalue weighted by atomic mass is 35.5. The summed E-state index contributed by atoms with van der Waals surface area (Å²) in [6.45, 7) is 0.644. The minimum Gasteiger partial charge on any atom is -0.385 e. The molecule has 0 bridgehead atoms. The first-order chi connectivity index (χ1) is 7.72. The van der Waals surface area contributed by atoms with Crippen molar-refractivity contribution in [2.75, 3.05) is 13.7 Å². The summed E-state index contributed by atoms with van der Waals surface area (Å²) in [5, 5.41) is 1.65. The molecule has 5 heteroatoms. The van der Waals surface area contributed by atoms with Crippen molar-refractivity contribution >= 4 is 33.2 Å². The molecule has 16 heavy (non-hydrogen) atoms. The van der Waals surface area contributed by atoms with Gasteiger partial charge in [0.05, 0.1) is 21.3 Å². The number of nitrogens with zero attached hydrogens (tertiary/aromatic N) is 1. The lowest BCUT2D eigenvalue weighted by Gasteiger charge is -2.06. The Bertz CT molecular complexity index is 486. The maximum absolute atomic E-state index is 6.08. The third-order valence-corrected chi connectivity index (χ3v) is 4.00. The fraction of sp³-hybridized carbons (Fsp3) is 0.364. The molecule has 3 nitrogen and oxygen atoms in total. The monoisotopic (exact) mass is 256 g/mol. The Kier molecular flexibility index (Phi) is 3.76. The second-order valence-corrected chi connectivity index (χ2v) is 4.97. The number of benzene rings is 1. The van der Waals surface area contributed by atoms with Gasteiger partial charge in [-0.25, -0.2) is 4.98 Å². The molecule has 1 aromatic carbocycles. The van der Waals surface area contributed by atoms with Crippen molar-refractivity contribution in [3.8, 4) is 0 Å². The van der Waals surface area contributed by atoms with Gasteiger partial charge in [0.15, 0.2) is 0 Å². The Morgan fingerprint density at radius 1 is 1.56 bits per heavy atom. The van der Waals surface area contributed by atoms with Crippen LogP contribution in [0.25, 0.3) is 10.2 Å². The molecule has 1 atom stereocenters. The number of hydrogen-bond acceptors (Lipinski definition) is 4. The lowest BCUT2D eigenvalue weighted by Crippen LogP contribution is -2.12. The molecule has 2 rings (SSSR count). The molecule has 0 amide bonds. The first-order valence-corrected chi connectivity index (χ1v) is 6.21. The smallest absolute Gasteiger partial charge is 0.111 e. The van der Waals surface area contributed by atoms with E-state index in [0.717, 1.165) is 26.7 Å². The van der Waals surface area contributed by atoms with E-state index in [4.69, 9.17) is 22.1 Å². The topological polar surface area (TPSA) is 48.1 Å². The Hall–Kier alpha value is -0.680. The molecule has 0 spiro atoms. The summed E-state index contributed by atoms with van der Waals surface area (Å²) >= 11 is 7.64. The number of nitrogens with two attached hydrogens (primary N) is 1. The Balaban J connectivity index is 2.29. The summed E-state index contributed by atoms with van der Waals surface area (Å²) in [4.78, 5) is 4.48. The highest BCUT2D eigenvalue weighted by molar-refractivity contribution is 7.19. The van der Waals surface area contributed by atoms with E-state index in [1.54, 1.807) is 18.4 Å². The average Bonchev–Trinajstić information content (AvgIpc) is 2.71. The maximum Gasteiger partial charge on any atom is 0.111 e. The Morgan fingerprint density at radius 2 is 2.38 bits per heavy atom. The molecule has 2 aromatic rings. The molecule has 86 valence electrons. The van der Waals surface area contributed by atoms with Gasteiger partial charge in [0.1, 0.15) is 5.01 Å². The van der Waals surface area contributed by atoms with Gasteiger partial charge in [0.2, 0.25) is 0 Å². The lowest BCUT2D eigenvalue weighted by molar-refractivity contribution is 0.188. The number of thiazole rings is 1. The number of aromatic nitrogens is 1. The standard InChI is InChI=1S/C11H13ClN2OS/c1-15-6-5-8(13)11-14-9-4-2-3-7(12)10(9)16-11/h2-4,8H,5-6,13H2,1H3. The summed E-state index contributed by atoms with van der Waals surface area (Å²) in [6, 6.07) is 5.64. The van der Waals surface area contributed by atoms with Gasteiger partial charge in [-0.05, 0) is 18.6 Å². The van der Waals surface area contributed by atoms with Crippen LogP contribution in [0.15, 0.2) is 18.2 Å². The number of halogens is 1. The molecule has 1 unspecified atom stereocenters. The van der Waals surface area contributed by atoms with Gasteiger partial charge in [0, 0.05) is 13.7 Å². The molecular formula is C11H13ClN2OS. The van der Waals surface area contributed by atoms with Gasteiger partial charge in [-0.1, -0.05) is 17.7 Å². The third kappa shape index (κ3) is 2.35. The van der Waals surface area contributed by atoms with E-state index in [1.807, 2.05) is 18.2 Å².